The van der Waals surface area contributed by atoms with Gasteiger partial charge >= 0.3 is 17.7 Å². The van der Waals surface area contributed by atoms with Gasteiger partial charge in [0.2, 0.25) is 0 Å². The molecule has 0 aliphatic carbocycles. The maximum atomic E-state index is 11.0. The van der Waals surface area contributed by atoms with Gasteiger partial charge in [0.25, 0.3) is 0 Å². The van der Waals surface area contributed by atoms with Gasteiger partial charge in [-0.1, -0.05) is 0 Å². The van der Waals surface area contributed by atoms with E-state index in [-0.39, 0.29) is 0 Å². The minimum absolute atomic E-state index is 3.45. The zero-order chi connectivity index (χ0) is 9.50. The lowest BCUT2D eigenvalue weighted by molar-refractivity contribution is 0.474. The molecule has 0 aliphatic rings. The molecule has 0 aliphatic heterocycles. The predicted molar refractivity (Wildman–Crippen MR) is 58.9 cm³/mol. The predicted octanol–water partition coefficient (Wildman–Crippen LogP) is 3.57. The monoisotopic (exact) mass is 345 g/mol. The van der Waals surface area contributed by atoms with Crippen LogP contribution in [0.15, 0.2) is 0 Å². The molecule has 1 radical (unpaired) electrons. The van der Waals surface area contributed by atoms with Crippen molar-refractivity contribution in [3.05, 3.63) is 0 Å². The Morgan fingerprint density at radius 2 is 1.00 bits per heavy atom. The Morgan fingerprint density at radius 1 is 0.727 bits per heavy atom. The van der Waals surface area contributed by atoms with Crippen LogP contribution in [-0.2, 0) is 4.80 Å². The molecule has 0 bridgehead atoms. The summed E-state index contributed by atoms with van der Waals surface area (Å²) in [6.45, 7) is -3.99. The molecule has 0 rings (SSSR count). The molecule has 1 nitrogen and oxygen atoms in total. The van der Waals surface area contributed by atoms with Crippen LogP contribution >= 0.6 is 77.6 Å². The fourth-order valence-electron chi connectivity index (χ4n) is 0.165. The molecule has 0 N–H and O–H groups in total. The number of halogens is 7. The number of hydrogen-bond donors (Lipinski definition) is 0. The van der Waals surface area contributed by atoms with Crippen molar-refractivity contribution in [1.82, 2.24) is 0 Å². The molecule has 0 atom stereocenters. The Balaban J connectivity index is 4.75. The van der Waals surface area contributed by atoms with Crippen molar-refractivity contribution in [3.63, 3.8) is 0 Å². The normalized spacial score (nSPS) is 15.3. The van der Waals surface area contributed by atoms with Crippen molar-refractivity contribution in [2.45, 2.75) is 0 Å². The Kier molecular flexibility index (Phi) is 4.99. The standard InChI is InChI=1S/Cl7OSi3/c1-9(2,3)11(6,7)10(4,5)8. The van der Waals surface area contributed by atoms with Crippen molar-refractivity contribution < 1.29 is 4.80 Å². The first-order valence-corrected chi connectivity index (χ1v) is 17.0. The summed E-state index contributed by atoms with van der Waals surface area (Å²) in [5.41, 5.74) is -7.06. The highest BCUT2D eigenvalue weighted by Crippen LogP contribution is 2.45. The van der Waals surface area contributed by atoms with E-state index in [1.165, 1.54) is 0 Å². The third kappa shape index (κ3) is 3.36. The molecule has 0 saturated heterocycles. The average Bonchev–Trinajstić information content (AvgIpc) is 1.58. The van der Waals surface area contributed by atoms with Crippen molar-refractivity contribution in [2.24, 2.45) is 0 Å². The summed E-state index contributed by atoms with van der Waals surface area (Å²) in [5.74, 6) is 0. The van der Waals surface area contributed by atoms with Gasteiger partial charge in [0.05, 0.1) is 0 Å². The van der Waals surface area contributed by atoms with Crippen LogP contribution in [0.25, 0.3) is 0 Å². The molecule has 0 heterocycles. The van der Waals surface area contributed by atoms with Gasteiger partial charge in [-0.2, -0.15) is 0 Å². The first-order valence-electron chi connectivity index (χ1n) is 2.03. The Labute approximate surface area is 99.1 Å². The van der Waals surface area contributed by atoms with Crippen molar-refractivity contribution in [2.75, 3.05) is 0 Å². The molecular weight excluding hydrogens is 348 g/mol. The van der Waals surface area contributed by atoms with Crippen LogP contribution in [0, 0.1) is 0 Å². The first kappa shape index (κ1) is 13.6. The van der Waals surface area contributed by atoms with Crippen LogP contribution in [0.4, 0.5) is 0 Å². The quantitative estimate of drug-likeness (QED) is 0.537. The smallest absolute Gasteiger partial charge is 0.257 e. The highest BCUT2D eigenvalue weighted by Gasteiger charge is 2.69. The molecule has 11 heavy (non-hydrogen) atoms. The van der Waals surface area contributed by atoms with Crippen LogP contribution < -0.4 is 0 Å². The Bertz CT molecular complexity index is 125. The number of hydrogen-bond acceptors (Lipinski definition) is 0. The van der Waals surface area contributed by atoms with Gasteiger partial charge in [0.15, 0.2) is 0 Å². The van der Waals surface area contributed by atoms with Crippen molar-refractivity contribution in [3.8, 4) is 0 Å². The molecule has 0 aromatic rings. The fraction of sp³-hybridized carbons (Fsp3) is 0. The highest BCUT2D eigenvalue weighted by molar-refractivity contribution is 8.19. The minimum Gasteiger partial charge on any atom is -0.257 e. The fourth-order valence-corrected chi connectivity index (χ4v) is 30.7. The molecule has 0 spiro atoms. The molecule has 67 valence electrons. The second-order valence-corrected chi connectivity index (χ2v) is 38.3. The lowest BCUT2D eigenvalue weighted by Crippen LogP contribution is -2.59. The number of rotatable bonds is 2. The Hall–Kier alpha value is 2.64. The van der Waals surface area contributed by atoms with Crippen LogP contribution in [0.3, 0.4) is 0 Å². The SMILES string of the molecule is [O][Si](Cl)(Cl)[Si](Cl)(Cl)[Si](Cl)(Cl)Cl. The van der Waals surface area contributed by atoms with Crippen molar-refractivity contribution >= 4 is 95.3 Å². The third-order valence-corrected chi connectivity index (χ3v) is 51.5. The summed E-state index contributed by atoms with van der Waals surface area (Å²) in [6.07, 6.45) is 0. The molecule has 0 aromatic heterocycles. The summed E-state index contributed by atoms with van der Waals surface area (Å²) in [5, 5.41) is 0. The molecule has 11 heteroatoms. The molecule has 0 saturated carbocycles. The molecular formula is Cl7OSi3. The van der Waals surface area contributed by atoms with E-state index in [0.29, 0.717) is 0 Å². The topological polar surface area (TPSA) is 19.9 Å². The van der Waals surface area contributed by atoms with Gasteiger partial charge in [0, 0.05) is 0 Å². The van der Waals surface area contributed by atoms with E-state index in [0.717, 1.165) is 0 Å². The van der Waals surface area contributed by atoms with Crippen LogP contribution in [0.2, 0.25) is 0 Å². The van der Waals surface area contributed by atoms with Crippen molar-refractivity contribution in [1.29, 1.82) is 0 Å². The maximum Gasteiger partial charge on any atom is 0.439 e. The first-order chi connectivity index (χ1) is 4.50. The van der Waals surface area contributed by atoms with Crippen LogP contribution in [0.5, 0.6) is 0 Å². The summed E-state index contributed by atoms with van der Waals surface area (Å²) >= 11 is 37.9. The van der Waals surface area contributed by atoms with E-state index in [1.807, 2.05) is 0 Å². The summed E-state index contributed by atoms with van der Waals surface area (Å²) in [4.78, 5) is 11.0. The second kappa shape index (κ2) is 4.02. The van der Waals surface area contributed by atoms with E-state index in [1.54, 1.807) is 0 Å². The van der Waals surface area contributed by atoms with Crippen LogP contribution in [-0.4, -0.2) is 17.7 Å². The van der Waals surface area contributed by atoms with E-state index in [9.17, 15) is 4.80 Å². The van der Waals surface area contributed by atoms with Gasteiger partial charge in [-0.15, -0.1) is 77.6 Å². The molecule has 0 aromatic carbocycles. The van der Waals surface area contributed by atoms with Gasteiger partial charge < -0.3 is 0 Å². The molecule has 0 fully saturated rings. The largest absolute Gasteiger partial charge is 0.439 e. The van der Waals surface area contributed by atoms with E-state index in [4.69, 9.17) is 77.6 Å². The third-order valence-electron chi connectivity index (χ3n) is 0.722. The lowest BCUT2D eigenvalue weighted by atomic mass is 15.9. The van der Waals surface area contributed by atoms with E-state index in [2.05, 4.69) is 0 Å². The van der Waals surface area contributed by atoms with Gasteiger partial charge in [-0.3, -0.25) is 4.80 Å². The summed E-state index contributed by atoms with van der Waals surface area (Å²) in [7, 11) is 0. The van der Waals surface area contributed by atoms with E-state index < -0.39 is 17.7 Å². The average molecular weight is 348 g/mol. The molecule has 0 amide bonds. The van der Waals surface area contributed by atoms with E-state index >= 15 is 0 Å². The zero-order valence-corrected chi connectivity index (χ0v) is 12.8. The molecule has 0 unspecified atom stereocenters. The van der Waals surface area contributed by atoms with Gasteiger partial charge in [0.1, 0.15) is 0 Å². The van der Waals surface area contributed by atoms with Gasteiger partial charge in [-0.25, -0.2) is 0 Å². The zero-order valence-electron chi connectivity index (χ0n) is 4.55. The second-order valence-electron chi connectivity index (χ2n) is 1.59. The Morgan fingerprint density at radius 3 is 1.00 bits per heavy atom. The lowest BCUT2D eigenvalue weighted by Gasteiger charge is -2.24. The maximum absolute atomic E-state index is 11.0. The highest BCUT2D eigenvalue weighted by atomic mass is 35.9. The minimum atomic E-state index is -3.99. The summed E-state index contributed by atoms with van der Waals surface area (Å²) < 4.78 is 0. The van der Waals surface area contributed by atoms with Crippen LogP contribution in [0.1, 0.15) is 0 Å². The summed E-state index contributed by atoms with van der Waals surface area (Å²) in [6, 6.07) is 0. The van der Waals surface area contributed by atoms with Gasteiger partial charge in [-0.05, 0) is 0 Å².